The van der Waals surface area contributed by atoms with Crippen molar-refractivity contribution in [3.8, 4) is 5.75 Å². The summed E-state index contributed by atoms with van der Waals surface area (Å²) in [4.78, 5) is 26.7. The molecule has 28 heavy (non-hydrogen) atoms. The second-order valence-corrected chi connectivity index (χ2v) is 8.32. The SMILES string of the molecule is CCNC(=O)[C@@H](C)N(Cc1ccc(Br)cc1)C(=O)COc1ccc(Br)cc1Cl. The number of halogens is 3. The predicted molar refractivity (Wildman–Crippen MR) is 117 cm³/mol. The standard InChI is InChI=1S/C20H21Br2ClN2O3/c1-3-24-20(27)13(2)25(11-14-4-6-15(21)7-5-14)19(26)12-28-18-9-8-16(22)10-17(18)23/h4-10,13H,3,11-12H2,1-2H3,(H,24,27)/t13-/m1/s1. The van der Waals surface area contributed by atoms with Crippen molar-refractivity contribution in [1.29, 1.82) is 0 Å². The first-order valence-corrected chi connectivity index (χ1v) is 10.7. The molecule has 150 valence electrons. The van der Waals surface area contributed by atoms with Crippen molar-refractivity contribution in [2.75, 3.05) is 13.2 Å². The highest BCUT2D eigenvalue weighted by Crippen LogP contribution is 2.27. The van der Waals surface area contributed by atoms with E-state index in [0.717, 1.165) is 14.5 Å². The summed E-state index contributed by atoms with van der Waals surface area (Å²) in [5.41, 5.74) is 0.911. The smallest absolute Gasteiger partial charge is 0.261 e. The Morgan fingerprint density at radius 2 is 1.79 bits per heavy atom. The lowest BCUT2D eigenvalue weighted by Gasteiger charge is -2.28. The van der Waals surface area contributed by atoms with Crippen LogP contribution in [0.15, 0.2) is 51.4 Å². The molecular weight excluding hydrogens is 511 g/mol. The number of hydrogen-bond acceptors (Lipinski definition) is 3. The lowest BCUT2D eigenvalue weighted by Crippen LogP contribution is -2.49. The number of nitrogens with one attached hydrogen (secondary N) is 1. The number of rotatable bonds is 8. The molecule has 0 unspecified atom stereocenters. The quantitative estimate of drug-likeness (QED) is 0.532. The number of amides is 2. The minimum absolute atomic E-state index is 0.213. The Bertz CT molecular complexity index is 831. The van der Waals surface area contributed by atoms with E-state index in [1.165, 1.54) is 4.90 Å². The maximum atomic E-state index is 12.9. The molecular formula is C20H21Br2ClN2O3. The summed E-state index contributed by atoms with van der Waals surface area (Å²) in [7, 11) is 0. The summed E-state index contributed by atoms with van der Waals surface area (Å²) in [6.07, 6.45) is 0. The second kappa shape index (κ2) is 10.8. The fourth-order valence-electron chi connectivity index (χ4n) is 2.51. The molecule has 0 aliphatic heterocycles. The highest BCUT2D eigenvalue weighted by molar-refractivity contribution is 9.10. The summed E-state index contributed by atoms with van der Waals surface area (Å²) < 4.78 is 7.36. The molecule has 0 bridgehead atoms. The van der Waals surface area contributed by atoms with Crippen molar-refractivity contribution in [1.82, 2.24) is 10.2 Å². The molecule has 2 aromatic rings. The van der Waals surface area contributed by atoms with E-state index in [0.29, 0.717) is 23.9 Å². The van der Waals surface area contributed by atoms with E-state index in [9.17, 15) is 9.59 Å². The lowest BCUT2D eigenvalue weighted by atomic mass is 10.1. The zero-order valence-corrected chi connectivity index (χ0v) is 19.5. The lowest BCUT2D eigenvalue weighted by molar-refractivity contribution is -0.142. The Hall–Kier alpha value is -1.57. The van der Waals surface area contributed by atoms with Gasteiger partial charge in [-0.25, -0.2) is 0 Å². The van der Waals surface area contributed by atoms with Crippen LogP contribution in [0.1, 0.15) is 19.4 Å². The number of ether oxygens (including phenoxy) is 1. The van der Waals surface area contributed by atoms with E-state index in [2.05, 4.69) is 37.2 Å². The van der Waals surface area contributed by atoms with Crippen LogP contribution in [0.4, 0.5) is 0 Å². The largest absolute Gasteiger partial charge is 0.482 e. The van der Waals surface area contributed by atoms with Crippen LogP contribution in [-0.2, 0) is 16.1 Å². The maximum absolute atomic E-state index is 12.9. The minimum Gasteiger partial charge on any atom is -0.482 e. The molecule has 1 N–H and O–H groups in total. The zero-order chi connectivity index (χ0) is 20.7. The van der Waals surface area contributed by atoms with Gasteiger partial charge in [-0.2, -0.15) is 0 Å². The average Bonchev–Trinajstić information content (AvgIpc) is 2.66. The average molecular weight is 533 g/mol. The molecule has 2 amide bonds. The van der Waals surface area contributed by atoms with Crippen LogP contribution in [0.25, 0.3) is 0 Å². The molecule has 2 aromatic carbocycles. The molecule has 0 radical (unpaired) electrons. The van der Waals surface area contributed by atoms with Crippen LogP contribution in [0.2, 0.25) is 5.02 Å². The van der Waals surface area contributed by atoms with E-state index in [1.807, 2.05) is 31.2 Å². The van der Waals surface area contributed by atoms with E-state index < -0.39 is 6.04 Å². The topological polar surface area (TPSA) is 58.6 Å². The van der Waals surface area contributed by atoms with Crippen molar-refractivity contribution < 1.29 is 14.3 Å². The third kappa shape index (κ3) is 6.50. The first-order chi connectivity index (χ1) is 13.3. The number of benzene rings is 2. The Labute approximate surface area is 186 Å². The van der Waals surface area contributed by atoms with Gasteiger partial charge in [0.2, 0.25) is 5.91 Å². The van der Waals surface area contributed by atoms with Crippen molar-refractivity contribution in [3.05, 3.63) is 62.0 Å². The highest BCUT2D eigenvalue weighted by Gasteiger charge is 2.26. The number of carbonyl (C=O) groups excluding carboxylic acids is 2. The van der Waals surface area contributed by atoms with Gasteiger partial charge in [0.05, 0.1) is 5.02 Å². The molecule has 1 atom stereocenters. The number of carbonyl (C=O) groups is 2. The van der Waals surface area contributed by atoms with Crippen LogP contribution < -0.4 is 10.1 Å². The highest BCUT2D eigenvalue weighted by atomic mass is 79.9. The van der Waals surface area contributed by atoms with E-state index in [1.54, 1.807) is 25.1 Å². The molecule has 0 aliphatic carbocycles. The second-order valence-electron chi connectivity index (χ2n) is 6.08. The molecule has 0 spiro atoms. The molecule has 8 heteroatoms. The Kier molecular flexibility index (Phi) is 8.79. The summed E-state index contributed by atoms with van der Waals surface area (Å²) in [5.74, 6) is -0.109. The fourth-order valence-corrected chi connectivity index (χ4v) is 3.50. The molecule has 0 heterocycles. The van der Waals surface area contributed by atoms with Crippen LogP contribution >= 0.6 is 43.5 Å². The fraction of sp³-hybridized carbons (Fsp3) is 0.300. The van der Waals surface area contributed by atoms with Gasteiger partial charge in [-0.05, 0) is 49.7 Å². The number of nitrogens with zero attached hydrogens (tertiary/aromatic N) is 1. The molecule has 0 saturated carbocycles. The number of likely N-dealkylation sites (N-methyl/N-ethyl adjacent to an activating group) is 1. The predicted octanol–water partition coefficient (Wildman–Crippen LogP) is 4.80. The maximum Gasteiger partial charge on any atom is 0.261 e. The van der Waals surface area contributed by atoms with Crippen LogP contribution in [0.5, 0.6) is 5.75 Å². The van der Waals surface area contributed by atoms with Gasteiger partial charge in [0.15, 0.2) is 6.61 Å². The van der Waals surface area contributed by atoms with Gasteiger partial charge in [-0.15, -0.1) is 0 Å². The normalized spacial score (nSPS) is 11.6. The van der Waals surface area contributed by atoms with Crippen LogP contribution in [0, 0.1) is 0 Å². The van der Waals surface area contributed by atoms with Crippen molar-refractivity contribution in [3.63, 3.8) is 0 Å². The Morgan fingerprint density at radius 3 is 2.39 bits per heavy atom. The molecule has 0 aromatic heterocycles. The van der Waals surface area contributed by atoms with Gasteiger partial charge in [-0.1, -0.05) is 55.6 Å². The van der Waals surface area contributed by atoms with Gasteiger partial charge in [0.1, 0.15) is 11.8 Å². The molecule has 0 saturated heterocycles. The van der Waals surface area contributed by atoms with E-state index in [4.69, 9.17) is 16.3 Å². The molecule has 0 fully saturated rings. The van der Waals surface area contributed by atoms with Crippen LogP contribution in [0.3, 0.4) is 0 Å². The van der Waals surface area contributed by atoms with E-state index in [-0.39, 0.29) is 18.4 Å². The van der Waals surface area contributed by atoms with Crippen LogP contribution in [-0.4, -0.2) is 35.9 Å². The van der Waals surface area contributed by atoms with Gasteiger partial charge in [0.25, 0.3) is 5.91 Å². The van der Waals surface area contributed by atoms with Gasteiger partial charge >= 0.3 is 0 Å². The first-order valence-electron chi connectivity index (χ1n) is 8.71. The van der Waals surface area contributed by atoms with Gasteiger partial charge < -0.3 is 15.0 Å². The summed E-state index contributed by atoms with van der Waals surface area (Å²) in [5, 5.41) is 3.16. The van der Waals surface area contributed by atoms with Gasteiger partial charge in [-0.3, -0.25) is 9.59 Å². The van der Waals surface area contributed by atoms with Crippen molar-refractivity contribution in [2.45, 2.75) is 26.4 Å². The third-order valence-electron chi connectivity index (χ3n) is 4.03. The summed E-state index contributed by atoms with van der Waals surface area (Å²) in [6, 6.07) is 12.1. The summed E-state index contributed by atoms with van der Waals surface area (Å²) in [6.45, 7) is 4.11. The van der Waals surface area contributed by atoms with Gasteiger partial charge in [0, 0.05) is 22.0 Å². The van der Waals surface area contributed by atoms with Crippen molar-refractivity contribution >= 4 is 55.3 Å². The minimum atomic E-state index is -0.639. The number of hydrogen-bond donors (Lipinski definition) is 1. The molecule has 2 rings (SSSR count). The third-order valence-corrected chi connectivity index (χ3v) is 5.35. The van der Waals surface area contributed by atoms with Crippen molar-refractivity contribution in [2.24, 2.45) is 0 Å². The zero-order valence-electron chi connectivity index (χ0n) is 15.5. The Balaban J connectivity index is 2.15. The van der Waals surface area contributed by atoms with E-state index >= 15 is 0 Å². The molecule has 0 aliphatic rings. The monoisotopic (exact) mass is 530 g/mol. The Morgan fingerprint density at radius 1 is 1.14 bits per heavy atom. The molecule has 5 nitrogen and oxygen atoms in total. The first kappa shape index (κ1) is 22.7. The summed E-state index contributed by atoms with van der Waals surface area (Å²) >= 11 is 12.9.